The second kappa shape index (κ2) is 11.4. The fourth-order valence-electron chi connectivity index (χ4n) is 4.26. The topological polar surface area (TPSA) is 112 Å². The van der Waals surface area contributed by atoms with Gasteiger partial charge in [0.25, 0.3) is 0 Å². The van der Waals surface area contributed by atoms with E-state index in [4.69, 9.17) is 4.74 Å². The fraction of sp³-hybridized carbons (Fsp3) is 0.538. The average molecular weight is 515 g/mol. The van der Waals surface area contributed by atoms with Gasteiger partial charge in [-0.25, -0.2) is 18.4 Å². The molecule has 9 nitrogen and oxygen atoms in total. The molecule has 10 heteroatoms. The number of hydrogen-bond donors (Lipinski definition) is 1. The van der Waals surface area contributed by atoms with Crippen LogP contribution in [0.4, 0.5) is 5.95 Å². The van der Waals surface area contributed by atoms with E-state index in [9.17, 15) is 8.42 Å². The normalized spacial score (nSPS) is 15.2. The van der Waals surface area contributed by atoms with Crippen molar-refractivity contribution in [3.8, 4) is 11.4 Å². The minimum Gasteiger partial charge on any atom is -0.495 e. The van der Waals surface area contributed by atoms with Crippen molar-refractivity contribution in [1.29, 1.82) is 0 Å². The predicted octanol–water partition coefficient (Wildman–Crippen LogP) is 5.16. The van der Waals surface area contributed by atoms with Gasteiger partial charge in [0.2, 0.25) is 16.0 Å². The third-order valence-corrected chi connectivity index (χ3v) is 8.83. The Morgan fingerprint density at radius 3 is 2.31 bits per heavy atom. The largest absolute Gasteiger partial charge is 0.495 e. The summed E-state index contributed by atoms with van der Waals surface area (Å²) in [7, 11) is -2.27. The Labute approximate surface area is 214 Å². The molecule has 0 amide bonds. The number of sulfonamides is 1. The van der Waals surface area contributed by atoms with Crippen molar-refractivity contribution in [3.63, 3.8) is 0 Å². The first-order chi connectivity index (χ1) is 17.0. The monoisotopic (exact) mass is 514 g/mol. The number of hydrogen-bond acceptors (Lipinski definition) is 7. The van der Waals surface area contributed by atoms with Gasteiger partial charge >= 0.3 is 0 Å². The maximum Gasteiger partial charge on any atom is 0.243 e. The van der Waals surface area contributed by atoms with E-state index in [1.807, 2.05) is 39.0 Å². The van der Waals surface area contributed by atoms with E-state index in [0.717, 1.165) is 29.7 Å². The smallest absolute Gasteiger partial charge is 0.243 e. The van der Waals surface area contributed by atoms with Gasteiger partial charge in [0, 0.05) is 24.2 Å². The summed E-state index contributed by atoms with van der Waals surface area (Å²) in [5, 5.41) is 7.98. The van der Waals surface area contributed by atoms with E-state index in [1.54, 1.807) is 31.0 Å². The van der Waals surface area contributed by atoms with E-state index in [2.05, 4.69) is 45.7 Å². The maximum atomic E-state index is 13.5. The number of nitrogens with zero attached hydrogens (tertiary/aromatic N) is 5. The Morgan fingerprint density at radius 2 is 1.69 bits per heavy atom. The molecule has 0 aliphatic heterocycles. The molecule has 0 saturated heterocycles. The highest BCUT2D eigenvalue weighted by molar-refractivity contribution is 7.93. The first-order valence-electron chi connectivity index (χ1n) is 12.4. The summed E-state index contributed by atoms with van der Waals surface area (Å²) in [6, 6.07) is 5.71. The van der Waals surface area contributed by atoms with Crippen molar-refractivity contribution >= 4 is 16.0 Å². The molecule has 3 aromatic rings. The van der Waals surface area contributed by atoms with Crippen LogP contribution in [0, 0.1) is 19.8 Å². The zero-order chi connectivity index (χ0) is 26.6. The molecule has 0 radical (unpaired) electrons. The number of anilines is 1. The van der Waals surface area contributed by atoms with Crippen LogP contribution in [0.5, 0.6) is 5.75 Å². The number of methoxy groups -OCH3 is 1. The Kier molecular flexibility index (Phi) is 8.71. The van der Waals surface area contributed by atoms with Crippen molar-refractivity contribution in [1.82, 2.24) is 24.7 Å². The molecule has 0 spiro atoms. The lowest BCUT2D eigenvalue weighted by molar-refractivity contribution is 0.407. The molecule has 2 heterocycles. The van der Waals surface area contributed by atoms with Gasteiger partial charge in [0.15, 0.2) is 0 Å². The molecule has 0 saturated carbocycles. The number of rotatable bonds is 11. The summed E-state index contributed by atoms with van der Waals surface area (Å²) < 4.78 is 37.3. The molecular weight excluding hydrogens is 476 g/mol. The fourth-order valence-corrected chi connectivity index (χ4v) is 5.49. The minimum atomic E-state index is -3.87. The quantitative estimate of drug-likeness (QED) is 0.376. The SMILES string of the molecule is CCC[C@@H](C)[C@H](C)c1nnc(NS(=O)(=O)[C@@H](C)[C@H](C)c2ncc(C)cn2)n1-c1c(C)cccc1OC. The number of aryl methyl sites for hydroxylation is 2. The number of para-hydroxylation sites is 1. The first kappa shape index (κ1) is 27.6. The molecule has 0 fully saturated rings. The van der Waals surface area contributed by atoms with Crippen molar-refractivity contribution in [2.75, 3.05) is 11.8 Å². The molecule has 196 valence electrons. The molecule has 3 rings (SSSR count). The third-order valence-electron chi connectivity index (χ3n) is 6.97. The molecular formula is C26H38N6O3S. The zero-order valence-corrected chi connectivity index (χ0v) is 23.3. The van der Waals surface area contributed by atoms with E-state index < -0.39 is 21.2 Å². The van der Waals surface area contributed by atoms with Crippen LogP contribution in [0.3, 0.4) is 0 Å². The Bertz CT molecular complexity index is 1270. The number of benzene rings is 1. The summed E-state index contributed by atoms with van der Waals surface area (Å²) in [5.41, 5.74) is 2.55. The molecule has 0 aliphatic rings. The van der Waals surface area contributed by atoms with Gasteiger partial charge in [-0.05, 0) is 43.9 Å². The lowest BCUT2D eigenvalue weighted by Crippen LogP contribution is -2.31. The van der Waals surface area contributed by atoms with Gasteiger partial charge < -0.3 is 4.74 Å². The lowest BCUT2D eigenvalue weighted by atomic mass is 9.91. The zero-order valence-electron chi connectivity index (χ0n) is 22.5. The van der Waals surface area contributed by atoms with E-state index in [-0.39, 0.29) is 11.9 Å². The molecule has 4 atom stereocenters. The summed E-state index contributed by atoms with van der Waals surface area (Å²) in [5.74, 6) is 1.84. The van der Waals surface area contributed by atoms with Crippen LogP contribution < -0.4 is 9.46 Å². The van der Waals surface area contributed by atoms with Gasteiger partial charge in [-0.3, -0.25) is 9.29 Å². The van der Waals surface area contributed by atoms with Crippen molar-refractivity contribution in [2.24, 2.45) is 5.92 Å². The number of ether oxygens (including phenoxy) is 1. The molecule has 1 N–H and O–H groups in total. The number of aromatic nitrogens is 5. The molecule has 0 unspecified atom stereocenters. The first-order valence-corrected chi connectivity index (χ1v) is 14.0. The average Bonchev–Trinajstić information content (AvgIpc) is 3.25. The summed E-state index contributed by atoms with van der Waals surface area (Å²) >= 11 is 0. The lowest BCUT2D eigenvalue weighted by Gasteiger charge is -2.23. The second-order valence-corrected chi connectivity index (χ2v) is 11.7. The second-order valence-electron chi connectivity index (χ2n) is 9.66. The molecule has 36 heavy (non-hydrogen) atoms. The van der Waals surface area contributed by atoms with Crippen LogP contribution in [-0.2, 0) is 10.0 Å². The minimum absolute atomic E-state index is 0.0392. The van der Waals surface area contributed by atoms with Gasteiger partial charge in [0.05, 0.1) is 18.0 Å². The van der Waals surface area contributed by atoms with Crippen LogP contribution in [-0.4, -0.2) is 45.5 Å². The summed E-state index contributed by atoms with van der Waals surface area (Å²) in [6.07, 6.45) is 5.45. The van der Waals surface area contributed by atoms with Crippen LogP contribution in [0.25, 0.3) is 5.69 Å². The van der Waals surface area contributed by atoms with Crippen molar-refractivity contribution in [3.05, 3.63) is 53.4 Å². The third kappa shape index (κ3) is 5.69. The highest BCUT2D eigenvalue weighted by atomic mass is 32.2. The standard InChI is InChI=1S/C26H38N6O3S/c1-9-11-17(3)19(5)25-29-30-26(32(25)23-18(4)12-10-13-22(23)35-8)31-36(33,34)21(7)20(6)24-27-14-16(2)15-28-24/h10,12-15,17,19-21H,9,11H2,1-8H3,(H,30,31)/t17-,19+,20+,21+/m1/s1. The molecule has 0 aliphatic carbocycles. The van der Waals surface area contributed by atoms with Gasteiger partial charge in [-0.1, -0.05) is 52.7 Å². The highest BCUT2D eigenvalue weighted by Gasteiger charge is 2.33. The van der Waals surface area contributed by atoms with Crippen LogP contribution >= 0.6 is 0 Å². The van der Waals surface area contributed by atoms with Crippen LogP contribution in [0.1, 0.15) is 82.1 Å². The van der Waals surface area contributed by atoms with Crippen molar-refractivity contribution in [2.45, 2.75) is 78.4 Å². The van der Waals surface area contributed by atoms with E-state index in [1.165, 1.54) is 0 Å². The Morgan fingerprint density at radius 1 is 1.03 bits per heavy atom. The predicted molar refractivity (Wildman–Crippen MR) is 142 cm³/mol. The molecule has 1 aromatic carbocycles. The number of nitrogens with one attached hydrogen (secondary N) is 1. The van der Waals surface area contributed by atoms with E-state index in [0.29, 0.717) is 23.3 Å². The van der Waals surface area contributed by atoms with Gasteiger partial charge in [-0.2, -0.15) is 0 Å². The van der Waals surface area contributed by atoms with Gasteiger partial charge in [0.1, 0.15) is 17.4 Å². The van der Waals surface area contributed by atoms with E-state index >= 15 is 0 Å². The highest BCUT2D eigenvalue weighted by Crippen LogP contribution is 2.35. The van der Waals surface area contributed by atoms with Gasteiger partial charge in [-0.15, -0.1) is 10.2 Å². The molecule has 0 bridgehead atoms. The summed E-state index contributed by atoms with van der Waals surface area (Å²) in [6.45, 7) is 13.7. The van der Waals surface area contributed by atoms with Crippen molar-refractivity contribution < 1.29 is 13.2 Å². The summed E-state index contributed by atoms with van der Waals surface area (Å²) in [4.78, 5) is 8.66. The maximum absolute atomic E-state index is 13.5. The van der Waals surface area contributed by atoms with Crippen LogP contribution in [0.15, 0.2) is 30.6 Å². The Hall–Kier alpha value is -3.01. The Balaban J connectivity index is 2.08. The van der Waals surface area contributed by atoms with Crippen LogP contribution in [0.2, 0.25) is 0 Å². The molecule has 2 aromatic heterocycles.